The molecule has 0 aliphatic carbocycles. The minimum Gasteiger partial charge on any atom is -0.484 e. The first-order valence-electron chi connectivity index (χ1n) is 7.66. The van der Waals surface area contributed by atoms with Gasteiger partial charge in [0.25, 0.3) is 11.8 Å². The molecule has 0 aromatic heterocycles. The van der Waals surface area contributed by atoms with Crippen LogP contribution in [0, 0.1) is 13.8 Å². The Balaban J connectivity index is 2.45. The second-order valence-electron chi connectivity index (χ2n) is 5.49. The van der Waals surface area contributed by atoms with Crippen LogP contribution in [0.4, 0.5) is 4.79 Å². The summed E-state index contributed by atoms with van der Waals surface area (Å²) in [5.41, 5.74) is 11.6. The van der Waals surface area contributed by atoms with Gasteiger partial charge in [-0.2, -0.15) is 11.8 Å². The van der Waals surface area contributed by atoms with Crippen LogP contribution in [-0.4, -0.2) is 42.5 Å². The molecule has 1 aromatic rings. The number of aryl methyl sites for hydroxylation is 2. The van der Waals surface area contributed by atoms with Crippen LogP contribution in [0.2, 0.25) is 0 Å². The van der Waals surface area contributed by atoms with Crippen molar-refractivity contribution in [1.29, 1.82) is 0 Å². The SMILES string of the molecule is CSCC[C@H](NC(N)=O)C(=O)NNC(=O)COc1cc(C)cc(C)c1. The fourth-order valence-electron chi connectivity index (χ4n) is 2.10. The van der Waals surface area contributed by atoms with Crippen LogP contribution in [0.3, 0.4) is 0 Å². The number of thioether (sulfide) groups is 1. The van der Waals surface area contributed by atoms with E-state index in [0.717, 1.165) is 11.1 Å². The lowest BCUT2D eigenvalue weighted by Crippen LogP contribution is -2.54. The maximum absolute atomic E-state index is 12.0. The predicted octanol–water partition coefficient (Wildman–Crippen LogP) is 0.620. The van der Waals surface area contributed by atoms with Crippen molar-refractivity contribution >= 4 is 29.6 Å². The molecule has 0 heterocycles. The van der Waals surface area contributed by atoms with E-state index in [1.165, 1.54) is 11.8 Å². The molecule has 0 aliphatic heterocycles. The van der Waals surface area contributed by atoms with E-state index in [9.17, 15) is 14.4 Å². The molecule has 0 saturated heterocycles. The van der Waals surface area contributed by atoms with Gasteiger partial charge in [0.1, 0.15) is 11.8 Å². The number of nitrogens with two attached hydrogens (primary N) is 1. The zero-order valence-electron chi connectivity index (χ0n) is 14.5. The number of hydrogen-bond donors (Lipinski definition) is 4. The molecule has 0 bridgehead atoms. The van der Waals surface area contributed by atoms with Crippen LogP contribution < -0.4 is 26.6 Å². The van der Waals surface area contributed by atoms with Crippen LogP contribution in [0.1, 0.15) is 17.5 Å². The first-order chi connectivity index (χ1) is 11.8. The fraction of sp³-hybridized carbons (Fsp3) is 0.438. The standard InChI is InChI=1S/C16H24N4O4S/c1-10-6-11(2)8-12(7-10)24-9-14(21)19-20-15(22)13(4-5-25-3)18-16(17)23/h6-8,13H,4-5,9H2,1-3H3,(H,19,21)(H,20,22)(H3,17,18,23)/t13-/m0/s1. The fourth-order valence-corrected chi connectivity index (χ4v) is 2.57. The van der Waals surface area contributed by atoms with Crippen molar-refractivity contribution < 1.29 is 19.1 Å². The van der Waals surface area contributed by atoms with E-state index in [1.54, 1.807) is 0 Å². The van der Waals surface area contributed by atoms with Crippen molar-refractivity contribution in [2.45, 2.75) is 26.3 Å². The second-order valence-corrected chi connectivity index (χ2v) is 6.48. The summed E-state index contributed by atoms with van der Waals surface area (Å²) in [5.74, 6) is 0.164. The van der Waals surface area contributed by atoms with E-state index in [2.05, 4.69) is 16.2 Å². The van der Waals surface area contributed by atoms with Gasteiger partial charge in [-0.15, -0.1) is 0 Å². The van der Waals surface area contributed by atoms with Gasteiger partial charge in [-0.1, -0.05) is 6.07 Å². The first kappa shape index (κ1) is 20.6. The molecule has 4 amide bonds. The molecule has 0 aliphatic rings. The van der Waals surface area contributed by atoms with Gasteiger partial charge >= 0.3 is 6.03 Å². The minimum absolute atomic E-state index is 0.248. The molecule has 1 atom stereocenters. The van der Waals surface area contributed by atoms with Crippen molar-refractivity contribution in [3.63, 3.8) is 0 Å². The molecule has 138 valence electrons. The van der Waals surface area contributed by atoms with Crippen LogP contribution in [0.15, 0.2) is 18.2 Å². The Morgan fingerprint density at radius 3 is 2.36 bits per heavy atom. The minimum atomic E-state index is -0.814. The number of hydrazine groups is 1. The summed E-state index contributed by atoms with van der Waals surface area (Å²) in [7, 11) is 0. The topological polar surface area (TPSA) is 123 Å². The zero-order valence-corrected chi connectivity index (χ0v) is 15.4. The van der Waals surface area contributed by atoms with E-state index < -0.39 is 23.9 Å². The van der Waals surface area contributed by atoms with Crippen LogP contribution in [-0.2, 0) is 9.59 Å². The molecule has 1 rings (SSSR count). The summed E-state index contributed by atoms with van der Waals surface area (Å²) in [4.78, 5) is 34.7. The van der Waals surface area contributed by atoms with Crippen molar-refractivity contribution in [2.75, 3.05) is 18.6 Å². The predicted molar refractivity (Wildman–Crippen MR) is 97.2 cm³/mol. The summed E-state index contributed by atoms with van der Waals surface area (Å²) >= 11 is 1.53. The Morgan fingerprint density at radius 2 is 1.80 bits per heavy atom. The highest BCUT2D eigenvalue weighted by Crippen LogP contribution is 2.15. The quantitative estimate of drug-likeness (QED) is 0.501. The highest BCUT2D eigenvalue weighted by Gasteiger charge is 2.19. The summed E-state index contributed by atoms with van der Waals surface area (Å²) in [5, 5.41) is 2.34. The van der Waals surface area contributed by atoms with Gasteiger partial charge in [0, 0.05) is 0 Å². The molecule has 0 fully saturated rings. The van der Waals surface area contributed by atoms with Gasteiger partial charge < -0.3 is 15.8 Å². The highest BCUT2D eigenvalue weighted by molar-refractivity contribution is 7.98. The molecule has 0 spiro atoms. The molecule has 8 nitrogen and oxygen atoms in total. The van der Waals surface area contributed by atoms with Crippen LogP contribution >= 0.6 is 11.8 Å². The van der Waals surface area contributed by atoms with Crippen LogP contribution in [0.25, 0.3) is 0 Å². The number of urea groups is 1. The van der Waals surface area contributed by atoms with Gasteiger partial charge in [0.05, 0.1) is 0 Å². The number of primary amides is 1. The van der Waals surface area contributed by atoms with E-state index in [0.29, 0.717) is 17.9 Å². The molecule has 9 heteroatoms. The Hall–Kier alpha value is -2.42. The summed E-state index contributed by atoms with van der Waals surface area (Å²) < 4.78 is 5.40. The van der Waals surface area contributed by atoms with Gasteiger partial charge in [-0.25, -0.2) is 4.79 Å². The second kappa shape index (κ2) is 10.4. The lowest BCUT2D eigenvalue weighted by molar-refractivity contribution is -0.130. The van der Waals surface area contributed by atoms with E-state index in [-0.39, 0.29) is 6.61 Å². The molecular formula is C16H24N4O4S. The summed E-state index contributed by atoms with van der Waals surface area (Å²) in [6.45, 7) is 3.61. The third-order valence-corrected chi connectivity index (χ3v) is 3.78. The van der Waals surface area contributed by atoms with Crippen molar-refractivity contribution in [3.8, 4) is 5.75 Å². The lowest BCUT2D eigenvalue weighted by atomic mass is 10.1. The molecule has 0 saturated carbocycles. The molecule has 0 unspecified atom stereocenters. The number of amides is 4. The molecule has 25 heavy (non-hydrogen) atoms. The average molecular weight is 368 g/mol. The summed E-state index contributed by atoms with van der Waals surface area (Å²) in [6.07, 6.45) is 2.27. The number of benzene rings is 1. The third kappa shape index (κ3) is 8.30. The average Bonchev–Trinajstić information content (AvgIpc) is 2.53. The highest BCUT2D eigenvalue weighted by atomic mass is 32.2. The molecular weight excluding hydrogens is 344 g/mol. The van der Waals surface area contributed by atoms with Crippen molar-refractivity contribution in [1.82, 2.24) is 16.2 Å². The van der Waals surface area contributed by atoms with Crippen LogP contribution in [0.5, 0.6) is 5.75 Å². The maximum Gasteiger partial charge on any atom is 0.312 e. The van der Waals surface area contributed by atoms with Gasteiger partial charge in [0.15, 0.2) is 6.61 Å². The smallest absolute Gasteiger partial charge is 0.312 e. The van der Waals surface area contributed by atoms with Crippen molar-refractivity contribution in [3.05, 3.63) is 29.3 Å². The number of carbonyl (C=O) groups excluding carboxylic acids is 3. The van der Waals surface area contributed by atoms with E-state index in [1.807, 2.05) is 38.3 Å². The van der Waals surface area contributed by atoms with Gasteiger partial charge in [-0.3, -0.25) is 20.4 Å². The third-order valence-electron chi connectivity index (χ3n) is 3.13. The number of ether oxygens (including phenoxy) is 1. The van der Waals surface area contributed by atoms with E-state index in [4.69, 9.17) is 10.5 Å². The molecule has 0 radical (unpaired) electrons. The van der Waals surface area contributed by atoms with Gasteiger partial charge in [-0.05, 0) is 55.5 Å². The normalized spacial score (nSPS) is 11.3. The van der Waals surface area contributed by atoms with E-state index >= 15 is 0 Å². The Morgan fingerprint density at radius 1 is 1.16 bits per heavy atom. The largest absolute Gasteiger partial charge is 0.484 e. The number of carbonyl (C=O) groups is 3. The Kier molecular flexibility index (Phi) is 8.62. The van der Waals surface area contributed by atoms with Gasteiger partial charge in [0.2, 0.25) is 0 Å². The lowest BCUT2D eigenvalue weighted by Gasteiger charge is -2.17. The molecule has 1 aromatic carbocycles. The maximum atomic E-state index is 12.0. The summed E-state index contributed by atoms with van der Waals surface area (Å²) in [6, 6.07) is 4.01. The Labute approximate surface area is 151 Å². The first-order valence-corrected chi connectivity index (χ1v) is 9.06. The Bertz CT molecular complexity index is 604. The zero-order chi connectivity index (χ0) is 18.8. The number of hydrogen-bond acceptors (Lipinski definition) is 5. The monoisotopic (exact) mass is 368 g/mol. The number of nitrogens with one attached hydrogen (secondary N) is 3. The number of rotatable bonds is 8. The molecule has 5 N–H and O–H groups in total. The van der Waals surface area contributed by atoms with Crippen molar-refractivity contribution in [2.24, 2.45) is 5.73 Å².